The van der Waals surface area contributed by atoms with Crippen molar-refractivity contribution in [3.8, 4) is 0 Å². The number of hydrogen-bond acceptors (Lipinski definition) is 1. The second-order valence-corrected chi connectivity index (χ2v) is 6.55. The van der Waals surface area contributed by atoms with Crippen LogP contribution in [0.5, 0.6) is 0 Å². The summed E-state index contributed by atoms with van der Waals surface area (Å²) < 4.78 is 12.8. The quantitative estimate of drug-likeness (QED) is 0.830. The van der Waals surface area contributed by atoms with Crippen LogP contribution in [0.1, 0.15) is 37.5 Å². The summed E-state index contributed by atoms with van der Waals surface area (Å²) in [5.41, 5.74) is 3.22. The lowest BCUT2D eigenvalue weighted by Crippen LogP contribution is -2.20. The Morgan fingerprint density at radius 3 is 2.22 bits per heavy atom. The minimum absolute atomic E-state index is 0.120. The van der Waals surface area contributed by atoms with Crippen molar-refractivity contribution >= 4 is 12.0 Å². The number of amides is 1. The van der Waals surface area contributed by atoms with Gasteiger partial charge in [0.25, 0.3) is 0 Å². The van der Waals surface area contributed by atoms with E-state index in [4.69, 9.17) is 0 Å². The zero-order chi connectivity index (χ0) is 16.9. The zero-order valence-corrected chi connectivity index (χ0v) is 13.8. The van der Waals surface area contributed by atoms with Crippen LogP contribution >= 0.6 is 0 Å². The van der Waals surface area contributed by atoms with Crippen LogP contribution < -0.4 is 5.32 Å². The van der Waals surface area contributed by atoms with Gasteiger partial charge in [-0.3, -0.25) is 4.79 Å². The van der Waals surface area contributed by atoms with Gasteiger partial charge in [-0.1, -0.05) is 57.2 Å². The number of nitrogens with one attached hydrogen (secondary N) is 1. The van der Waals surface area contributed by atoms with Crippen LogP contribution in [0.15, 0.2) is 54.6 Å². The third-order valence-corrected chi connectivity index (χ3v) is 3.58. The molecule has 0 aliphatic heterocycles. The van der Waals surface area contributed by atoms with Gasteiger partial charge in [-0.05, 0) is 40.3 Å². The fourth-order valence-corrected chi connectivity index (χ4v) is 2.12. The Balaban J connectivity index is 1.89. The maximum Gasteiger partial charge on any atom is 0.244 e. The average molecular weight is 311 g/mol. The standard InChI is InChI=1S/C20H22FNO/c1-20(2,3)17-9-4-15(5-10-17)8-13-19(23)22-14-16-6-11-18(21)12-7-16/h4-13H,14H2,1-3H3,(H,22,23)/b13-8+. The van der Waals surface area contributed by atoms with Gasteiger partial charge in [0.1, 0.15) is 5.82 Å². The molecule has 2 rings (SSSR count). The number of benzene rings is 2. The molecule has 23 heavy (non-hydrogen) atoms. The summed E-state index contributed by atoms with van der Waals surface area (Å²) in [7, 11) is 0. The summed E-state index contributed by atoms with van der Waals surface area (Å²) >= 11 is 0. The molecule has 1 amide bonds. The maximum atomic E-state index is 12.8. The molecule has 0 bridgehead atoms. The van der Waals surface area contributed by atoms with Crippen molar-refractivity contribution in [2.24, 2.45) is 0 Å². The van der Waals surface area contributed by atoms with Crippen LogP contribution in [-0.2, 0) is 16.8 Å². The molecule has 0 saturated carbocycles. The molecular formula is C20H22FNO. The highest BCUT2D eigenvalue weighted by Gasteiger charge is 2.12. The van der Waals surface area contributed by atoms with Crippen molar-refractivity contribution in [2.75, 3.05) is 0 Å². The van der Waals surface area contributed by atoms with Crippen LogP contribution in [0.3, 0.4) is 0 Å². The van der Waals surface area contributed by atoms with Gasteiger partial charge in [-0.2, -0.15) is 0 Å². The van der Waals surface area contributed by atoms with Crippen LogP contribution in [-0.4, -0.2) is 5.91 Å². The Morgan fingerprint density at radius 1 is 1.04 bits per heavy atom. The van der Waals surface area contributed by atoms with Crippen molar-refractivity contribution in [1.82, 2.24) is 5.32 Å². The van der Waals surface area contributed by atoms with E-state index in [2.05, 4.69) is 38.2 Å². The lowest BCUT2D eigenvalue weighted by Gasteiger charge is -2.18. The van der Waals surface area contributed by atoms with Gasteiger partial charge in [0, 0.05) is 12.6 Å². The summed E-state index contributed by atoms with van der Waals surface area (Å²) in [5, 5.41) is 2.78. The van der Waals surface area contributed by atoms with E-state index < -0.39 is 0 Å². The molecule has 0 radical (unpaired) electrons. The van der Waals surface area contributed by atoms with Crippen molar-refractivity contribution in [1.29, 1.82) is 0 Å². The number of rotatable bonds is 4. The third kappa shape index (κ3) is 5.37. The monoisotopic (exact) mass is 311 g/mol. The van der Waals surface area contributed by atoms with E-state index in [0.717, 1.165) is 11.1 Å². The fraction of sp³-hybridized carbons (Fsp3) is 0.250. The molecule has 2 aromatic rings. The summed E-state index contributed by atoms with van der Waals surface area (Å²) in [6, 6.07) is 14.2. The van der Waals surface area contributed by atoms with Crippen LogP contribution in [0.2, 0.25) is 0 Å². The minimum Gasteiger partial charge on any atom is -0.348 e. The number of halogens is 1. The molecular weight excluding hydrogens is 289 g/mol. The lowest BCUT2D eigenvalue weighted by molar-refractivity contribution is -0.116. The Kier molecular flexibility index (Phi) is 5.32. The van der Waals surface area contributed by atoms with Crippen molar-refractivity contribution in [3.05, 3.63) is 77.1 Å². The van der Waals surface area contributed by atoms with Crippen LogP contribution in [0, 0.1) is 5.82 Å². The molecule has 2 aromatic carbocycles. The van der Waals surface area contributed by atoms with Crippen molar-refractivity contribution < 1.29 is 9.18 Å². The van der Waals surface area contributed by atoms with E-state index in [1.807, 2.05) is 12.1 Å². The van der Waals surface area contributed by atoms with E-state index in [0.29, 0.717) is 6.54 Å². The van der Waals surface area contributed by atoms with Gasteiger partial charge in [0.15, 0.2) is 0 Å². The predicted octanol–water partition coefficient (Wildman–Crippen LogP) is 4.45. The topological polar surface area (TPSA) is 29.1 Å². The predicted molar refractivity (Wildman–Crippen MR) is 92.4 cm³/mol. The van der Waals surface area contributed by atoms with E-state index in [1.165, 1.54) is 23.8 Å². The summed E-state index contributed by atoms with van der Waals surface area (Å²) in [6.45, 7) is 6.88. The molecule has 0 spiro atoms. The third-order valence-electron chi connectivity index (χ3n) is 3.58. The molecule has 3 heteroatoms. The van der Waals surface area contributed by atoms with Gasteiger partial charge in [0.2, 0.25) is 5.91 Å². The summed E-state index contributed by atoms with van der Waals surface area (Å²) in [4.78, 5) is 11.8. The summed E-state index contributed by atoms with van der Waals surface area (Å²) in [6.07, 6.45) is 3.29. The number of carbonyl (C=O) groups is 1. The molecule has 0 aromatic heterocycles. The molecule has 0 atom stereocenters. The van der Waals surface area contributed by atoms with Gasteiger partial charge in [0.05, 0.1) is 0 Å². The van der Waals surface area contributed by atoms with Gasteiger partial charge < -0.3 is 5.32 Å². The Hall–Kier alpha value is -2.42. The number of carbonyl (C=O) groups excluding carboxylic acids is 1. The van der Waals surface area contributed by atoms with E-state index >= 15 is 0 Å². The molecule has 0 aliphatic rings. The first kappa shape index (κ1) is 16.9. The van der Waals surface area contributed by atoms with E-state index in [1.54, 1.807) is 18.2 Å². The highest BCUT2D eigenvalue weighted by Crippen LogP contribution is 2.22. The molecule has 0 aliphatic carbocycles. The summed E-state index contributed by atoms with van der Waals surface area (Å²) in [5.74, 6) is -0.451. The van der Waals surface area contributed by atoms with Gasteiger partial charge >= 0.3 is 0 Å². The Labute approximate surface area is 137 Å². The molecule has 0 heterocycles. The molecule has 2 nitrogen and oxygen atoms in total. The maximum absolute atomic E-state index is 12.8. The molecule has 0 saturated heterocycles. The van der Waals surface area contributed by atoms with Crippen molar-refractivity contribution in [2.45, 2.75) is 32.7 Å². The highest BCUT2D eigenvalue weighted by molar-refractivity contribution is 5.91. The second-order valence-electron chi connectivity index (χ2n) is 6.55. The Morgan fingerprint density at radius 2 is 1.65 bits per heavy atom. The number of hydrogen-bond donors (Lipinski definition) is 1. The van der Waals surface area contributed by atoms with Gasteiger partial charge in [-0.15, -0.1) is 0 Å². The Bertz CT molecular complexity index is 679. The lowest BCUT2D eigenvalue weighted by atomic mass is 9.87. The highest BCUT2D eigenvalue weighted by atomic mass is 19.1. The first-order valence-electron chi connectivity index (χ1n) is 7.65. The molecule has 0 unspecified atom stereocenters. The van der Waals surface area contributed by atoms with Crippen LogP contribution in [0.4, 0.5) is 4.39 Å². The average Bonchev–Trinajstić information content (AvgIpc) is 2.52. The second kappa shape index (κ2) is 7.23. The van der Waals surface area contributed by atoms with E-state index in [9.17, 15) is 9.18 Å². The molecule has 1 N–H and O–H groups in total. The normalized spacial score (nSPS) is 11.7. The molecule has 120 valence electrons. The van der Waals surface area contributed by atoms with Crippen LogP contribution in [0.25, 0.3) is 6.08 Å². The van der Waals surface area contributed by atoms with Crippen molar-refractivity contribution in [3.63, 3.8) is 0 Å². The fourth-order valence-electron chi connectivity index (χ4n) is 2.12. The first-order chi connectivity index (χ1) is 10.8. The zero-order valence-electron chi connectivity index (χ0n) is 13.8. The molecule has 0 fully saturated rings. The van der Waals surface area contributed by atoms with E-state index in [-0.39, 0.29) is 17.1 Å². The first-order valence-corrected chi connectivity index (χ1v) is 7.65. The SMILES string of the molecule is CC(C)(C)c1ccc(/C=C/C(=O)NCc2ccc(F)cc2)cc1. The smallest absolute Gasteiger partial charge is 0.244 e. The largest absolute Gasteiger partial charge is 0.348 e. The van der Waals surface area contributed by atoms with Gasteiger partial charge in [-0.25, -0.2) is 4.39 Å². The minimum atomic E-state index is -0.279.